The fraction of sp³-hybridized carbons (Fsp3) is 1.00. The molecule has 0 aromatic rings. The lowest BCUT2D eigenvalue weighted by Crippen LogP contribution is -2.53. The summed E-state index contributed by atoms with van der Waals surface area (Å²) in [5, 5.41) is 20.0. The number of aliphatic hydroxyl groups excluding tert-OH is 2. The van der Waals surface area contributed by atoms with Gasteiger partial charge >= 0.3 is 0 Å². The molecule has 80 valence electrons. The van der Waals surface area contributed by atoms with E-state index in [-0.39, 0.29) is 12.2 Å². The van der Waals surface area contributed by atoms with Gasteiger partial charge in [0.2, 0.25) is 0 Å². The lowest BCUT2D eigenvalue weighted by atomic mass is 9.53. The molecule has 4 fully saturated rings. The highest BCUT2D eigenvalue weighted by Gasteiger charge is 2.51. The molecule has 2 bridgehead atoms. The summed E-state index contributed by atoms with van der Waals surface area (Å²) >= 11 is 0. The van der Waals surface area contributed by atoms with Crippen molar-refractivity contribution < 1.29 is 10.2 Å². The fourth-order valence-electron chi connectivity index (χ4n) is 4.43. The van der Waals surface area contributed by atoms with E-state index in [1.807, 2.05) is 0 Å². The van der Waals surface area contributed by atoms with E-state index in [2.05, 4.69) is 0 Å². The molecule has 2 nitrogen and oxygen atoms in total. The smallest absolute Gasteiger partial charge is 0.0574 e. The molecule has 0 radical (unpaired) electrons. The normalized spacial score (nSPS) is 57.0. The molecule has 6 atom stereocenters. The topological polar surface area (TPSA) is 40.5 Å². The molecule has 4 aliphatic rings. The fourth-order valence-corrected chi connectivity index (χ4v) is 4.43. The summed E-state index contributed by atoms with van der Waals surface area (Å²) in [6.45, 7) is 0. The van der Waals surface area contributed by atoms with Crippen molar-refractivity contribution in [1.82, 2.24) is 0 Å². The van der Waals surface area contributed by atoms with E-state index >= 15 is 0 Å². The molecule has 4 rings (SSSR count). The molecule has 0 aromatic carbocycles. The quantitative estimate of drug-likeness (QED) is 0.617. The van der Waals surface area contributed by atoms with Gasteiger partial charge in [-0.1, -0.05) is 6.42 Å². The first kappa shape index (κ1) is 9.17. The van der Waals surface area contributed by atoms with Crippen molar-refractivity contribution in [1.29, 1.82) is 0 Å². The first-order valence-electron chi connectivity index (χ1n) is 6.13. The summed E-state index contributed by atoms with van der Waals surface area (Å²) in [5.41, 5.74) is 0. The minimum Gasteiger partial charge on any atom is -0.393 e. The Labute approximate surface area is 85.3 Å². The van der Waals surface area contributed by atoms with Crippen LogP contribution in [0.15, 0.2) is 0 Å². The number of hydrogen-bond donors (Lipinski definition) is 2. The van der Waals surface area contributed by atoms with Gasteiger partial charge in [0.15, 0.2) is 0 Å². The zero-order valence-corrected chi connectivity index (χ0v) is 8.60. The predicted molar refractivity (Wildman–Crippen MR) is 53.7 cm³/mol. The molecule has 4 saturated carbocycles. The van der Waals surface area contributed by atoms with Crippen LogP contribution >= 0.6 is 0 Å². The van der Waals surface area contributed by atoms with Crippen molar-refractivity contribution in [3.05, 3.63) is 0 Å². The Morgan fingerprint density at radius 1 is 0.786 bits per heavy atom. The minimum atomic E-state index is -0.114. The Hall–Kier alpha value is -0.0800. The van der Waals surface area contributed by atoms with Crippen LogP contribution in [-0.4, -0.2) is 22.4 Å². The first-order valence-corrected chi connectivity index (χ1v) is 6.13. The Kier molecular flexibility index (Phi) is 2.10. The Morgan fingerprint density at radius 3 is 2.43 bits per heavy atom. The summed E-state index contributed by atoms with van der Waals surface area (Å²) in [7, 11) is 0. The SMILES string of the molecule is OC1CC2CCC1C1C(O)CCCC21. The van der Waals surface area contributed by atoms with Gasteiger partial charge in [0.25, 0.3) is 0 Å². The van der Waals surface area contributed by atoms with E-state index in [4.69, 9.17) is 0 Å². The Morgan fingerprint density at radius 2 is 1.64 bits per heavy atom. The molecule has 0 aliphatic heterocycles. The summed E-state index contributed by atoms with van der Waals surface area (Å²) in [6, 6.07) is 0. The summed E-state index contributed by atoms with van der Waals surface area (Å²) in [4.78, 5) is 0. The molecule has 2 N–H and O–H groups in total. The lowest BCUT2D eigenvalue weighted by Gasteiger charge is -2.54. The zero-order valence-electron chi connectivity index (χ0n) is 8.60. The highest BCUT2D eigenvalue weighted by Crippen LogP contribution is 2.54. The Bertz CT molecular complexity index is 224. The second-order valence-corrected chi connectivity index (χ2v) is 5.54. The molecule has 0 saturated heterocycles. The van der Waals surface area contributed by atoms with Crippen LogP contribution in [0, 0.1) is 23.7 Å². The molecule has 0 spiro atoms. The van der Waals surface area contributed by atoms with Gasteiger partial charge in [-0.3, -0.25) is 0 Å². The van der Waals surface area contributed by atoms with Gasteiger partial charge in [-0.2, -0.15) is 0 Å². The summed E-state index contributed by atoms with van der Waals surface area (Å²) in [5.74, 6) is 2.31. The number of aliphatic hydroxyl groups is 2. The van der Waals surface area contributed by atoms with E-state index < -0.39 is 0 Å². The molecule has 6 unspecified atom stereocenters. The highest BCUT2D eigenvalue weighted by molar-refractivity contribution is 5.01. The van der Waals surface area contributed by atoms with Gasteiger partial charge in [0.05, 0.1) is 12.2 Å². The number of fused-ring (bicyclic) bond motifs is 2. The van der Waals surface area contributed by atoms with E-state index in [1.54, 1.807) is 0 Å². The average molecular weight is 196 g/mol. The van der Waals surface area contributed by atoms with E-state index in [9.17, 15) is 10.2 Å². The van der Waals surface area contributed by atoms with E-state index in [1.165, 1.54) is 19.3 Å². The van der Waals surface area contributed by atoms with Crippen LogP contribution in [0.25, 0.3) is 0 Å². The van der Waals surface area contributed by atoms with Gasteiger partial charge in [-0.05, 0) is 55.8 Å². The van der Waals surface area contributed by atoms with Crippen LogP contribution in [0.2, 0.25) is 0 Å². The molecular formula is C12H20O2. The van der Waals surface area contributed by atoms with Crippen molar-refractivity contribution in [3.63, 3.8) is 0 Å². The van der Waals surface area contributed by atoms with E-state index in [0.717, 1.165) is 31.1 Å². The van der Waals surface area contributed by atoms with Gasteiger partial charge in [-0.15, -0.1) is 0 Å². The number of hydrogen-bond acceptors (Lipinski definition) is 2. The van der Waals surface area contributed by atoms with Crippen molar-refractivity contribution in [3.8, 4) is 0 Å². The van der Waals surface area contributed by atoms with Gasteiger partial charge in [-0.25, -0.2) is 0 Å². The maximum absolute atomic E-state index is 10.0. The zero-order chi connectivity index (χ0) is 9.71. The average Bonchev–Trinajstić information content (AvgIpc) is 2.19. The predicted octanol–water partition coefficient (Wildman–Crippen LogP) is 1.55. The van der Waals surface area contributed by atoms with Crippen molar-refractivity contribution in [2.24, 2.45) is 23.7 Å². The van der Waals surface area contributed by atoms with Crippen LogP contribution in [0.5, 0.6) is 0 Å². The van der Waals surface area contributed by atoms with Gasteiger partial charge in [0, 0.05) is 0 Å². The standard InChI is InChI=1S/C12H20O2/c13-10-3-1-2-8-7-4-5-9(12(8)10)11(14)6-7/h7-14H,1-6H2. The van der Waals surface area contributed by atoms with Crippen LogP contribution in [0.3, 0.4) is 0 Å². The van der Waals surface area contributed by atoms with Crippen LogP contribution in [0.4, 0.5) is 0 Å². The van der Waals surface area contributed by atoms with Gasteiger partial charge < -0.3 is 10.2 Å². The third kappa shape index (κ3) is 1.17. The largest absolute Gasteiger partial charge is 0.393 e. The summed E-state index contributed by atoms with van der Waals surface area (Å²) < 4.78 is 0. The minimum absolute atomic E-state index is 0.109. The second-order valence-electron chi connectivity index (χ2n) is 5.54. The van der Waals surface area contributed by atoms with Crippen LogP contribution in [0.1, 0.15) is 38.5 Å². The molecule has 0 aromatic heterocycles. The maximum Gasteiger partial charge on any atom is 0.0574 e. The molecule has 4 aliphatic carbocycles. The molecular weight excluding hydrogens is 176 g/mol. The molecule has 14 heavy (non-hydrogen) atoms. The van der Waals surface area contributed by atoms with Crippen molar-refractivity contribution in [2.75, 3.05) is 0 Å². The highest BCUT2D eigenvalue weighted by atomic mass is 16.3. The molecule has 0 amide bonds. The number of rotatable bonds is 0. The lowest BCUT2D eigenvalue weighted by molar-refractivity contribution is -0.134. The van der Waals surface area contributed by atoms with E-state index in [0.29, 0.717) is 11.8 Å². The van der Waals surface area contributed by atoms with Crippen LogP contribution < -0.4 is 0 Å². The monoisotopic (exact) mass is 196 g/mol. The molecule has 2 heteroatoms. The van der Waals surface area contributed by atoms with Gasteiger partial charge in [0.1, 0.15) is 0 Å². The maximum atomic E-state index is 10.0. The first-order chi connectivity index (χ1) is 6.77. The third-order valence-electron chi connectivity index (χ3n) is 4.99. The third-order valence-corrected chi connectivity index (χ3v) is 4.99. The summed E-state index contributed by atoms with van der Waals surface area (Å²) in [6.07, 6.45) is 6.71. The second kappa shape index (κ2) is 3.21. The Balaban J connectivity index is 1.88. The van der Waals surface area contributed by atoms with Crippen molar-refractivity contribution >= 4 is 0 Å². The molecule has 0 heterocycles. The van der Waals surface area contributed by atoms with Crippen LogP contribution in [-0.2, 0) is 0 Å². The van der Waals surface area contributed by atoms with Crippen molar-refractivity contribution in [2.45, 2.75) is 50.7 Å².